The molecule has 11 heavy (non-hydrogen) atoms. The van der Waals surface area contributed by atoms with Crippen molar-refractivity contribution < 1.29 is 9.05 Å². The van der Waals surface area contributed by atoms with E-state index in [2.05, 4.69) is 6.92 Å². The van der Waals surface area contributed by atoms with Crippen LogP contribution in [-0.4, -0.2) is 13.7 Å². The zero-order valence-corrected chi connectivity index (χ0v) is 8.56. The van der Waals surface area contributed by atoms with Crippen LogP contribution in [0.4, 0.5) is 0 Å². The highest BCUT2D eigenvalue weighted by Crippen LogP contribution is 2.12. The van der Waals surface area contributed by atoms with Crippen LogP contribution < -0.4 is 0 Å². The van der Waals surface area contributed by atoms with E-state index in [-0.39, 0.29) is 9.03 Å². The van der Waals surface area contributed by atoms with Gasteiger partial charge in [0, 0.05) is 7.11 Å². The van der Waals surface area contributed by atoms with Crippen molar-refractivity contribution in [2.45, 2.75) is 39.0 Å². The minimum atomic E-state index is 0.227. The fourth-order valence-electron chi connectivity index (χ4n) is 0.878. The smallest absolute Gasteiger partial charge is 0.154 e. The fourth-order valence-corrected chi connectivity index (χ4v) is 1.22. The molecular weight excluding hydrogens is 159 g/mol. The number of hydrogen-bond donors (Lipinski definition) is 0. The minimum absolute atomic E-state index is 0.227. The Labute approximate surface area is 71.6 Å². The van der Waals surface area contributed by atoms with Gasteiger partial charge in [-0.25, -0.2) is 0 Å². The Morgan fingerprint density at radius 1 is 1.09 bits per heavy atom. The molecule has 3 heteroatoms. The minimum Gasteiger partial charge on any atom is -0.340 e. The molecule has 0 fully saturated rings. The third kappa shape index (κ3) is 10.4. The van der Waals surface area contributed by atoms with E-state index in [4.69, 9.17) is 9.05 Å². The van der Waals surface area contributed by atoms with E-state index in [9.17, 15) is 0 Å². The van der Waals surface area contributed by atoms with Crippen molar-refractivity contribution in [3.05, 3.63) is 0 Å². The molecule has 0 radical (unpaired) electrons. The molecule has 0 heterocycles. The predicted octanol–water partition coefficient (Wildman–Crippen LogP) is 3.13. The van der Waals surface area contributed by atoms with Crippen molar-refractivity contribution in [3.63, 3.8) is 0 Å². The normalized spacial score (nSPS) is 11.5. The molecule has 0 rings (SSSR count). The van der Waals surface area contributed by atoms with E-state index in [1.807, 2.05) is 0 Å². The van der Waals surface area contributed by atoms with Crippen molar-refractivity contribution in [1.29, 1.82) is 0 Å². The highest BCUT2D eigenvalue weighted by molar-refractivity contribution is 7.26. The highest BCUT2D eigenvalue weighted by atomic mass is 31.1. The van der Waals surface area contributed by atoms with Crippen molar-refractivity contribution in [1.82, 2.24) is 0 Å². The maximum absolute atomic E-state index is 5.17. The first-order valence-corrected chi connectivity index (χ1v) is 5.13. The lowest BCUT2D eigenvalue weighted by atomic mass is 10.2. The Kier molecular flexibility index (Phi) is 10.7. The molecule has 0 aromatic heterocycles. The summed E-state index contributed by atoms with van der Waals surface area (Å²) in [6, 6.07) is 0. The number of hydrogen-bond acceptors (Lipinski definition) is 2. The van der Waals surface area contributed by atoms with Gasteiger partial charge in [0.05, 0.1) is 6.61 Å². The Morgan fingerprint density at radius 2 is 1.82 bits per heavy atom. The van der Waals surface area contributed by atoms with Gasteiger partial charge in [0.25, 0.3) is 0 Å². The van der Waals surface area contributed by atoms with Crippen molar-refractivity contribution in [3.8, 4) is 0 Å². The lowest BCUT2D eigenvalue weighted by Gasteiger charge is -2.00. The van der Waals surface area contributed by atoms with Crippen LogP contribution in [-0.2, 0) is 9.05 Å². The van der Waals surface area contributed by atoms with Crippen LogP contribution in [0.25, 0.3) is 0 Å². The molecule has 0 aliphatic heterocycles. The van der Waals surface area contributed by atoms with Gasteiger partial charge in [-0.3, -0.25) is 0 Å². The fraction of sp³-hybridized carbons (Fsp3) is 1.00. The molecule has 0 aliphatic rings. The van der Waals surface area contributed by atoms with E-state index in [1.165, 1.54) is 32.1 Å². The van der Waals surface area contributed by atoms with Crippen molar-refractivity contribution in [2.75, 3.05) is 13.7 Å². The van der Waals surface area contributed by atoms with Crippen LogP contribution in [0.5, 0.6) is 0 Å². The summed E-state index contributed by atoms with van der Waals surface area (Å²) in [7, 11) is 1.89. The maximum Gasteiger partial charge on any atom is 0.154 e. The number of unbranched alkanes of at least 4 members (excludes halogenated alkanes) is 4. The summed E-state index contributed by atoms with van der Waals surface area (Å²) < 4.78 is 9.94. The average Bonchev–Trinajstić information content (AvgIpc) is 2.03. The molecule has 1 unspecified atom stereocenters. The van der Waals surface area contributed by atoms with Gasteiger partial charge in [0.2, 0.25) is 0 Å². The zero-order valence-electron chi connectivity index (χ0n) is 7.56. The van der Waals surface area contributed by atoms with E-state index in [1.54, 1.807) is 7.11 Å². The topological polar surface area (TPSA) is 18.5 Å². The lowest BCUT2D eigenvalue weighted by Crippen LogP contribution is -1.86. The van der Waals surface area contributed by atoms with Crippen molar-refractivity contribution in [2.24, 2.45) is 0 Å². The third-order valence-corrected chi connectivity index (χ3v) is 1.98. The molecule has 0 bridgehead atoms. The molecule has 2 nitrogen and oxygen atoms in total. The van der Waals surface area contributed by atoms with E-state index in [0.717, 1.165) is 6.61 Å². The van der Waals surface area contributed by atoms with Gasteiger partial charge in [0.1, 0.15) is 0 Å². The first-order chi connectivity index (χ1) is 5.41. The monoisotopic (exact) mass is 178 g/mol. The summed E-state index contributed by atoms with van der Waals surface area (Å²) in [5, 5.41) is 0. The molecule has 1 atom stereocenters. The molecular formula is C8H19O2P. The largest absolute Gasteiger partial charge is 0.340 e. The molecule has 0 saturated carbocycles. The molecule has 68 valence electrons. The highest BCUT2D eigenvalue weighted by Gasteiger charge is 1.88. The quantitative estimate of drug-likeness (QED) is 0.420. The second kappa shape index (κ2) is 10.3. The maximum atomic E-state index is 5.17. The van der Waals surface area contributed by atoms with Crippen LogP contribution >= 0.6 is 9.03 Å². The standard InChI is InChI=1S/C8H19O2P/c1-3-4-5-6-7-8-10-11-9-2/h11H,3-8H2,1-2H3. The first kappa shape index (κ1) is 11.4. The second-order valence-electron chi connectivity index (χ2n) is 2.55. The summed E-state index contributed by atoms with van der Waals surface area (Å²) in [5.74, 6) is 0. The van der Waals surface area contributed by atoms with Gasteiger partial charge in [0.15, 0.2) is 9.03 Å². The number of rotatable bonds is 8. The average molecular weight is 178 g/mol. The Bertz CT molecular complexity index is 61.1. The van der Waals surface area contributed by atoms with Gasteiger partial charge < -0.3 is 9.05 Å². The van der Waals surface area contributed by atoms with Gasteiger partial charge in [-0.05, 0) is 6.42 Å². The summed E-state index contributed by atoms with van der Waals surface area (Å²) in [4.78, 5) is 0. The Hall–Kier alpha value is 0.350. The van der Waals surface area contributed by atoms with E-state index in [0.29, 0.717) is 0 Å². The molecule has 0 aliphatic carbocycles. The summed E-state index contributed by atoms with van der Waals surface area (Å²) in [6.45, 7) is 3.08. The molecule has 0 aromatic carbocycles. The molecule has 0 spiro atoms. The van der Waals surface area contributed by atoms with E-state index >= 15 is 0 Å². The lowest BCUT2D eigenvalue weighted by molar-refractivity contribution is 0.292. The summed E-state index contributed by atoms with van der Waals surface area (Å²) in [5.41, 5.74) is 0. The van der Waals surface area contributed by atoms with Gasteiger partial charge in [-0.2, -0.15) is 0 Å². The summed E-state index contributed by atoms with van der Waals surface area (Å²) >= 11 is 0. The first-order valence-electron chi connectivity index (χ1n) is 4.31. The second-order valence-corrected chi connectivity index (χ2v) is 3.41. The summed E-state index contributed by atoms with van der Waals surface area (Å²) in [6.07, 6.45) is 6.47. The van der Waals surface area contributed by atoms with Crippen LogP contribution in [0.15, 0.2) is 0 Å². The molecule has 0 aromatic rings. The van der Waals surface area contributed by atoms with Crippen molar-refractivity contribution >= 4 is 9.03 Å². The van der Waals surface area contributed by atoms with E-state index < -0.39 is 0 Å². The SMILES string of the molecule is CCCCCCCOPOC. The van der Waals surface area contributed by atoms with Crippen LogP contribution in [0.2, 0.25) is 0 Å². The zero-order chi connectivity index (χ0) is 8.36. The Balaban J connectivity index is 2.69. The van der Waals surface area contributed by atoms with Gasteiger partial charge in [-0.1, -0.05) is 32.6 Å². The van der Waals surface area contributed by atoms with Gasteiger partial charge in [-0.15, -0.1) is 0 Å². The molecule has 0 saturated heterocycles. The van der Waals surface area contributed by atoms with Crippen LogP contribution in [0, 0.1) is 0 Å². The third-order valence-electron chi connectivity index (χ3n) is 1.49. The van der Waals surface area contributed by atoms with Gasteiger partial charge >= 0.3 is 0 Å². The molecule has 0 N–H and O–H groups in total. The van der Waals surface area contributed by atoms with Crippen LogP contribution in [0.3, 0.4) is 0 Å². The van der Waals surface area contributed by atoms with Crippen LogP contribution in [0.1, 0.15) is 39.0 Å². The molecule has 0 amide bonds. The predicted molar refractivity (Wildman–Crippen MR) is 50.0 cm³/mol. The Morgan fingerprint density at radius 3 is 2.45 bits per heavy atom.